The molecule has 92 valence electrons. The summed E-state index contributed by atoms with van der Waals surface area (Å²) in [6.07, 6.45) is 0. The van der Waals surface area contributed by atoms with Crippen LogP contribution >= 0.6 is 0 Å². The Labute approximate surface area is 100 Å². The zero-order valence-corrected chi connectivity index (χ0v) is 10.1. The zero-order valence-electron chi connectivity index (χ0n) is 10.1. The zero-order chi connectivity index (χ0) is 12.3. The third-order valence-electron chi connectivity index (χ3n) is 2.76. The van der Waals surface area contributed by atoms with E-state index in [9.17, 15) is 4.79 Å². The van der Waals surface area contributed by atoms with E-state index in [0.717, 1.165) is 5.56 Å². The molecule has 0 N–H and O–H groups in total. The largest absolute Gasteiger partial charge is 0.462 e. The molecule has 0 aliphatic carbocycles. The van der Waals surface area contributed by atoms with Gasteiger partial charge in [-0.15, -0.1) is 0 Å². The van der Waals surface area contributed by atoms with E-state index in [1.165, 1.54) is 0 Å². The minimum atomic E-state index is -0.687. The molecule has 0 radical (unpaired) electrons. The van der Waals surface area contributed by atoms with Crippen LogP contribution in [0.15, 0.2) is 24.3 Å². The lowest BCUT2D eigenvalue weighted by molar-refractivity contribution is -0.149. The first-order valence-corrected chi connectivity index (χ1v) is 5.71. The molecule has 0 atom stereocenters. The van der Waals surface area contributed by atoms with E-state index < -0.39 is 5.79 Å². The highest BCUT2D eigenvalue weighted by atomic mass is 16.7. The Bertz CT molecular complexity index is 390. The number of benzene rings is 1. The highest BCUT2D eigenvalue weighted by Crippen LogP contribution is 2.30. The average Bonchev–Trinajstić information content (AvgIpc) is 2.78. The Morgan fingerprint density at radius 1 is 1.29 bits per heavy atom. The van der Waals surface area contributed by atoms with Gasteiger partial charge < -0.3 is 14.2 Å². The lowest BCUT2D eigenvalue weighted by Gasteiger charge is -2.22. The van der Waals surface area contributed by atoms with Gasteiger partial charge in [0.25, 0.3) is 0 Å². The normalized spacial score (nSPS) is 18.0. The quantitative estimate of drug-likeness (QED) is 0.754. The molecule has 0 unspecified atom stereocenters. The van der Waals surface area contributed by atoms with Crippen LogP contribution < -0.4 is 0 Å². The van der Waals surface area contributed by atoms with Gasteiger partial charge in [-0.1, -0.05) is 12.1 Å². The number of carbonyl (C=O) groups is 1. The van der Waals surface area contributed by atoms with Gasteiger partial charge in [-0.05, 0) is 26.0 Å². The Kier molecular flexibility index (Phi) is 3.45. The predicted octanol–water partition coefficient (Wildman–Crippen LogP) is 2.08. The van der Waals surface area contributed by atoms with Crippen molar-refractivity contribution in [2.45, 2.75) is 19.6 Å². The molecule has 1 saturated heterocycles. The summed E-state index contributed by atoms with van der Waals surface area (Å²) in [5.74, 6) is -0.995. The highest BCUT2D eigenvalue weighted by Gasteiger charge is 2.32. The van der Waals surface area contributed by atoms with Crippen LogP contribution in [0.4, 0.5) is 0 Å². The molecule has 0 amide bonds. The van der Waals surface area contributed by atoms with Crippen molar-refractivity contribution < 1.29 is 19.0 Å². The van der Waals surface area contributed by atoms with Crippen LogP contribution in [0, 0.1) is 0 Å². The molecule has 1 heterocycles. The summed E-state index contributed by atoms with van der Waals surface area (Å²) in [6.45, 7) is 5.23. The molecular formula is C13H16O4. The van der Waals surface area contributed by atoms with E-state index in [1.54, 1.807) is 19.1 Å². The molecule has 1 aliphatic heterocycles. The van der Waals surface area contributed by atoms with E-state index in [1.807, 2.05) is 19.1 Å². The molecule has 4 heteroatoms. The summed E-state index contributed by atoms with van der Waals surface area (Å²) in [7, 11) is 0. The minimum Gasteiger partial charge on any atom is -0.462 e. The van der Waals surface area contributed by atoms with Gasteiger partial charge in [0.1, 0.15) is 0 Å². The summed E-state index contributed by atoms with van der Waals surface area (Å²) in [5.41, 5.74) is 1.44. The standard InChI is InChI=1S/C13H16O4/c1-3-15-12(14)10-4-6-11(7-5-10)13(2)16-8-9-17-13/h4-7H,3,8-9H2,1-2H3. The Hall–Kier alpha value is -1.39. The van der Waals surface area contributed by atoms with Crippen LogP contribution in [0.1, 0.15) is 29.8 Å². The Morgan fingerprint density at radius 2 is 1.88 bits per heavy atom. The number of carbonyl (C=O) groups excluding carboxylic acids is 1. The van der Waals surface area contributed by atoms with Gasteiger partial charge >= 0.3 is 5.97 Å². The summed E-state index contributed by atoms with van der Waals surface area (Å²) in [4.78, 5) is 11.5. The molecule has 0 bridgehead atoms. The van der Waals surface area contributed by atoms with Crippen molar-refractivity contribution in [2.24, 2.45) is 0 Å². The first kappa shape index (κ1) is 12.1. The second kappa shape index (κ2) is 4.85. The second-order valence-electron chi connectivity index (χ2n) is 3.94. The third kappa shape index (κ3) is 2.48. The van der Waals surface area contributed by atoms with Crippen molar-refractivity contribution in [3.05, 3.63) is 35.4 Å². The second-order valence-corrected chi connectivity index (χ2v) is 3.94. The Morgan fingerprint density at radius 3 is 2.41 bits per heavy atom. The fraction of sp³-hybridized carbons (Fsp3) is 0.462. The maximum atomic E-state index is 11.5. The van der Waals surface area contributed by atoms with Crippen molar-refractivity contribution in [1.29, 1.82) is 0 Å². The number of hydrogen-bond acceptors (Lipinski definition) is 4. The first-order valence-electron chi connectivity index (χ1n) is 5.71. The number of rotatable bonds is 3. The molecule has 0 aromatic heterocycles. The van der Waals surface area contributed by atoms with Crippen LogP contribution in [0.2, 0.25) is 0 Å². The van der Waals surface area contributed by atoms with Crippen LogP contribution in [0.5, 0.6) is 0 Å². The summed E-state index contributed by atoms with van der Waals surface area (Å²) < 4.78 is 16.0. The Balaban J connectivity index is 2.15. The molecule has 1 aliphatic rings. The van der Waals surface area contributed by atoms with Crippen LogP contribution in [-0.4, -0.2) is 25.8 Å². The van der Waals surface area contributed by atoms with Gasteiger partial charge in [0.15, 0.2) is 5.79 Å². The highest BCUT2D eigenvalue weighted by molar-refractivity contribution is 5.89. The maximum absolute atomic E-state index is 11.5. The fourth-order valence-electron chi connectivity index (χ4n) is 1.80. The van der Waals surface area contributed by atoms with E-state index in [2.05, 4.69) is 0 Å². The number of ether oxygens (including phenoxy) is 3. The molecule has 1 aromatic rings. The lowest BCUT2D eigenvalue weighted by atomic mass is 10.1. The van der Waals surface area contributed by atoms with Crippen molar-refractivity contribution in [2.75, 3.05) is 19.8 Å². The van der Waals surface area contributed by atoms with Crippen LogP contribution in [-0.2, 0) is 20.0 Å². The molecule has 1 aromatic carbocycles. The van der Waals surface area contributed by atoms with E-state index >= 15 is 0 Å². The summed E-state index contributed by atoms with van der Waals surface area (Å²) in [5, 5.41) is 0. The molecule has 2 rings (SSSR count). The van der Waals surface area contributed by atoms with Gasteiger partial charge in [-0.25, -0.2) is 4.79 Å². The van der Waals surface area contributed by atoms with E-state index in [0.29, 0.717) is 25.4 Å². The third-order valence-corrected chi connectivity index (χ3v) is 2.76. The minimum absolute atomic E-state index is 0.308. The van der Waals surface area contributed by atoms with Gasteiger partial charge in [0.05, 0.1) is 25.4 Å². The summed E-state index contributed by atoms with van der Waals surface area (Å²) in [6, 6.07) is 7.11. The van der Waals surface area contributed by atoms with Gasteiger partial charge in [0, 0.05) is 5.56 Å². The smallest absolute Gasteiger partial charge is 0.338 e. The van der Waals surface area contributed by atoms with Crippen molar-refractivity contribution >= 4 is 5.97 Å². The number of esters is 1. The topological polar surface area (TPSA) is 44.8 Å². The van der Waals surface area contributed by atoms with E-state index in [4.69, 9.17) is 14.2 Å². The predicted molar refractivity (Wildman–Crippen MR) is 61.7 cm³/mol. The van der Waals surface area contributed by atoms with E-state index in [-0.39, 0.29) is 5.97 Å². The number of hydrogen-bond donors (Lipinski definition) is 0. The summed E-state index contributed by atoms with van der Waals surface area (Å²) >= 11 is 0. The molecular weight excluding hydrogens is 220 g/mol. The first-order chi connectivity index (χ1) is 8.15. The maximum Gasteiger partial charge on any atom is 0.338 e. The lowest BCUT2D eigenvalue weighted by Crippen LogP contribution is -2.22. The monoisotopic (exact) mass is 236 g/mol. The van der Waals surface area contributed by atoms with Crippen molar-refractivity contribution in [1.82, 2.24) is 0 Å². The SMILES string of the molecule is CCOC(=O)c1ccc(C2(C)OCCO2)cc1. The fourth-order valence-corrected chi connectivity index (χ4v) is 1.80. The van der Waals surface area contributed by atoms with Gasteiger partial charge in [0.2, 0.25) is 0 Å². The molecule has 4 nitrogen and oxygen atoms in total. The molecule has 17 heavy (non-hydrogen) atoms. The van der Waals surface area contributed by atoms with Crippen LogP contribution in [0.3, 0.4) is 0 Å². The van der Waals surface area contributed by atoms with Crippen molar-refractivity contribution in [3.8, 4) is 0 Å². The molecule has 0 spiro atoms. The molecule has 0 saturated carbocycles. The molecule has 1 fully saturated rings. The van der Waals surface area contributed by atoms with Crippen LogP contribution in [0.25, 0.3) is 0 Å². The van der Waals surface area contributed by atoms with Gasteiger partial charge in [-0.2, -0.15) is 0 Å². The average molecular weight is 236 g/mol. The van der Waals surface area contributed by atoms with Gasteiger partial charge in [-0.3, -0.25) is 0 Å². The van der Waals surface area contributed by atoms with Crippen molar-refractivity contribution in [3.63, 3.8) is 0 Å².